The minimum atomic E-state index is -0.658. The number of nitrogens with one attached hydrogen (secondary N) is 1. The molecule has 0 radical (unpaired) electrons. The molecule has 1 aromatic heterocycles. The molecule has 0 unspecified atom stereocenters. The Morgan fingerprint density at radius 3 is 2.93 bits per heavy atom. The summed E-state index contributed by atoms with van der Waals surface area (Å²) in [6.07, 6.45) is 6.81. The molecule has 1 atom stereocenters. The van der Waals surface area contributed by atoms with Crippen LogP contribution in [-0.2, 0) is 10.3 Å². The number of aliphatic imine (C=N–C) groups is 2. The molecule has 0 aromatic carbocycles. The summed E-state index contributed by atoms with van der Waals surface area (Å²) in [5, 5.41) is 3.20. The second kappa shape index (κ2) is 9.45. The summed E-state index contributed by atoms with van der Waals surface area (Å²) in [4.78, 5) is 25.2. The first-order valence-corrected chi connectivity index (χ1v) is 9.80. The zero-order valence-electron chi connectivity index (χ0n) is 15.7. The number of pyridine rings is 1. The lowest BCUT2D eigenvalue weighted by Crippen LogP contribution is -2.30. The van der Waals surface area contributed by atoms with Crippen molar-refractivity contribution in [1.29, 1.82) is 0 Å². The zero-order chi connectivity index (χ0) is 19.9. The summed E-state index contributed by atoms with van der Waals surface area (Å²) in [6.45, 7) is 6.22. The van der Waals surface area contributed by atoms with Gasteiger partial charge in [-0.2, -0.15) is 0 Å². The van der Waals surface area contributed by atoms with Crippen LogP contribution in [0.15, 0.2) is 52.4 Å². The van der Waals surface area contributed by atoms with Gasteiger partial charge >= 0.3 is 0 Å². The van der Waals surface area contributed by atoms with Gasteiger partial charge in [0.05, 0.1) is 12.2 Å². The zero-order valence-corrected chi connectivity index (χ0v) is 16.5. The standard InChI is InChI=1S/C17H18FN5OS.C2H6/c1-17(6-9-25-16(19)23-17)13-10-11(5-8-20-13)22-15(24)14-12(18)4-2-3-7-21-14;1-2/h2-5,8,10H,6-7,9H2,1H3,(H2,19,23)(H,20,22,24);1-2H3/t17-;/m0./s1. The SMILES string of the molecule is CC.C[C@@]1(c2cc(NC(=O)C3=NCC=CC=C3F)ccn2)CCSC(N)=N1. The Balaban J connectivity index is 0.00000126. The second-order valence-corrected chi connectivity index (χ2v) is 6.95. The fourth-order valence-corrected chi connectivity index (χ4v) is 3.53. The molecule has 2 aliphatic heterocycles. The van der Waals surface area contributed by atoms with E-state index in [4.69, 9.17) is 5.73 Å². The van der Waals surface area contributed by atoms with Crippen molar-refractivity contribution in [2.24, 2.45) is 15.7 Å². The number of thioether (sulfide) groups is 1. The van der Waals surface area contributed by atoms with Crippen LogP contribution in [-0.4, -0.2) is 34.1 Å². The fourth-order valence-electron chi connectivity index (χ4n) is 2.56. The van der Waals surface area contributed by atoms with Crippen molar-refractivity contribution in [3.8, 4) is 0 Å². The number of allylic oxidation sites excluding steroid dienone is 2. The summed E-state index contributed by atoms with van der Waals surface area (Å²) in [5.41, 5.74) is 6.30. The molecule has 1 aromatic rings. The van der Waals surface area contributed by atoms with Gasteiger partial charge in [-0.1, -0.05) is 37.8 Å². The number of halogens is 1. The smallest absolute Gasteiger partial charge is 0.276 e. The minimum absolute atomic E-state index is 0.217. The van der Waals surface area contributed by atoms with Crippen LogP contribution in [0.2, 0.25) is 0 Å². The number of anilines is 1. The number of aromatic nitrogens is 1. The lowest BCUT2D eigenvalue weighted by molar-refractivity contribution is -0.110. The number of hydrogen-bond acceptors (Lipinski definition) is 6. The fraction of sp³-hybridized carbons (Fsp3) is 0.368. The molecule has 0 fully saturated rings. The number of carbonyl (C=O) groups excluding carboxylic acids is 1. The van der Waals surface area contributed by atoms with Crippen LogP contribution < -0.4 is 11.1 Å². The summed E-state index contributed by atoms with van der Waals surface area (Å²) in [7, 11) is 0. The molecule has 3 N–H and O–H groups in total. The van der Waals surface area contributed by atoms with E-state index in [-0.39, 0.29) is 12.3 Å². The minimum Gasteiger partial charge on any atom is -0.379 e. The Morgan fingerprint density at radius 2 is 2.19 bits per heavy atom. The van der Waals surface area contributed by atoms with E-state index in [0.717, 1.165) is 12.2 Å². The lowest BCUT2D eigenvalue weighted by Gasteiger charge is -2.28. The van der Waals surface area contributed by atoms with Crippen molar-refractivity contribution in [1.82, 2.24) is 4.98 Å². The van der Waals surface area contributed by atoms with Crippen LogP contribution in [0, 0.1) is 0 Å². The molecule has 3 rings (SSSR count). The van der Waals surface area contributed by atoms with E-state index >= 15 is 0 Å². The van der Waals surface area contributed by atoms with Crippen LogP contribution >= 0.6 is 11.8 Å². The maximum Gasteiger partial charge on any atom is 0.276 e. The molecule has 0 aliphatic carbocycles. The molecule has 0 bridgehead atoms. The third-order valence-corrected chi connectivity index (χ3v) is 4.74. The Morgan fingerprint density at radius 1 is 1.41 bits per heavy atom. The lowest BCUT2D eigenvalue weighted by atomic mass is 9.94. The molecule has 3 heterocycles. The highest BCUT2D eigenvalue weighted by molar-refractivity contribution is 8.13. The van der Waals surface area contributed by atoms with E-state index < -0.39 is 17.3 Å². The van der Waals surface area contributed by atoms with Gasteiger partial charge < -0.3 is 11.1 Å². The van der Waals surface area contributed by atoms with Gasteiger partial charge in [0.1, 0.15) is 5.54 Å². The first kappa shape index (κ1) is 20.8. The van der Waals surface area contributed by atoms with Crippen molar-refractivity contribution >= 4 is 34.2 Å². The largest absolute Gasteiger partial charge is 0.379 e. The van der Waals surface area contributed by atoms with E-state index in [2.05, 4.69) is 20.3 Å². The maximum atomic E-state index is 13.9. The summed E-state index contributed by atoms with van der Waals surface area (Å²) < 4.78 is 13.9. The Bertz CT molecular complexity index is 818. The first-order chi connectivity index (χ1) is 13.0. The number of amides is 1. The highest BCUT2D eigenvalue weighted by Gasteiger charge is 2.31. The van der Waals surface area contributed by atoms with Crippen LogP contribution in [0.5, 0.6) is 0 Å². The molecule has 1 amide bonds. The molecule has 0 spiro atoms. The van der Waals surface area contributed by atoms with Gasteiger partial charge in [-0.15, -0.1) is 0 Å². The molecular formula is C19H24FN5OS. The third-order valence-electron chi connectivity index (χ3n) is 3.94. The highest BCUT2D eigenvalue weighted by Crippen LogP contribution is 2.34. The first-order valence-electron chi connectivity index (χ1n) is 8.81. The van der Waals surface area contributed by atoms with E-state index in [0.29, 0.717) is 16.5 Å². The van der Waals surface area contributed by atoms with Gasteiger partial charge in [0, 0.05) is 17.6 Å². The molecule has 27 heavy (non-hydrogen) atoms. The predicted molar refractivity (Wildman–Crippen MR) is 111 cm³/mol. The average Bonchev–Trinajstić information content (AvgIpc) is 2.88. The monoisotopic (exact) mass is 389 g/mol. The Hall–Kier alpha value is -2.48. The molecule has 6 nitrogen and oxygen atoms in total. The van der Waals surface area contributed by atoms with Crippen LogP contribution in [0.25, 0.3) is 0 Å². The van der Waals surface area contributed by atoms with Gasteiger partial charge in [0.25, 0.3) is 5.91 Å². The molecular weight excluding hydrogens is 365 g/mol. The predicted octanol–water partition coefficient (Wildman–Crippen LogP) is 3.58. The van der Waals surface area contributed by atoms with Crippen LogP contribution in [0.1, 0.15) is 32.9 Å². The normalized spacial score (nSPS) is 21.7. The quantitative estimate of drug-likeness (QED) is 0.826. The Kier molecular flexibility index (Phi) is 7.29. The summed E-state index contributed by atoms with van der Waals surface area (Å²) >= 11 is 1.51. The second-order valence-electron chi connectivity index (χ2n) is 5.84. The topological polar surface area (TPSA) is 92.7 Å². The number of hydrogen-bond donors (Lipinski definition) is 2. The molecule has 144 valence electrons. The number of nitrogens with two attached hydrogens (primary N) is 1. The number of amidine groups is 1. The number of nitrogens with zero attached hydrogens (tertiary/aromatic N) is 3. The highest BCUT2D eigenvalue weighted by atomic mass is 32.2. The average molecular weight is 390 g/mol. The number of carbonyl (C=O) groups is 1. The third kappa shape index (κ3) is 5.26. The van der Waals surface area contributed by atoms with Gasteiger partial charge in [-0.25, -0.2) is 9.38 Å². The number of rotatable bonds is 3. The van der Waals surface area contributed by atoms with Gasteiger partial charge in [-0.05, 0) is 31.6 Å². The Labute approximate surface area is 163 Å². The van der Waals surface area contributed by atoms with Gasteiger partial charge in [0.15, 0.2) is 16.7 Å². The van der Waals surface area contributed by atoms with E-state index in [1.807, 2.05) is 20.8 Å². The van der Waals surface area contributed by atoms with Crippen LogP contribution in [0.4, 0.5) is 10.1 Å². The molecule has 0 saturated carbocycles. The van der Waals surface area contributed by atoms with Crippen LogP contribution in [0.3, 0.4) is 0 Å². The van der Waals surface area contributed by atoms with Crippen molar-refractivity contribution < 1.29 is 9.18 Å². The van der Waals surface area contributed by atoms with Crippen molar-refractivity contribution in [2.75, 3.05) is 17.6 Å². The maximum absolute atomic E-state index is 13.9. The van der Waals surface area contributed by atoms with Gasteiger partial charge in [-0.3, -0.25) is 14.8 Å². The summed E-state index contributed by atoms with van der Waals surface area (Å²) in [5.74, 6) is -0.402. The molecule has 2 aliphatic rings. The van der Waals surface area contributed by atoms with E-state index in [9.17, 15) is 9.18 Å². The van der Waals surface area contributed by atoms with E-state index in [1.165, 1.54) is 23.9 Å². The summed E-state index contributed by atoms with van der Waals surface area (Å²) in [6, 6.07) is 3.38. The molecule has 8 heteroatoms. The van der Waals surface area contributed by atoms with Gasteiger partial charge in [0.2, 0.25) is 0 Å². The van der Waals surface area contributed by atoms with E-state index in [1.54, 1.807) is 24.4 Å². The molecule has 0 saturated heterocycles. The van der Waals surface area contributed by atoms with Crippen molar-refractivity contribution in [2.45, 2.75) is 32.7 Å². The van der Waals surface area contributed by atoms with Crippen molar-refractivity contribution in [3.63, 3.8) is 0 Å². The van der Waals surface area contributed by atoms with Crippen molar-refractivity contribution in [3.05, 3.63) is 48.1 Å².